The minimum atomic E-state index is -0.324. The molecule has 0 saturated carbocycles. The van der Waals surface area contributed by atoms with Crippen LogP contribution >= 0.6 is 0 Å². The largest absolute Gasteiger partial charge is 0.383 e. The standard InChI is InChI=1S/C30H36FN7O2/c1-20(2)37-17-23(16-32-37)28-21(3)29(38(35-28)25-8-6-5-7-9-25)34-30(39)33-27-19-36(14-15-40-4)18-26(27)22-10-12-24(31)13-11-22/h5-13,16-17,20,26-27H,14-15,18-19H2,1-4H3,(H2,33,34,39)/t26-,27+/m0/s1. The van der Waals surface area contributed by atoms with Gasteiger partial charge in [0.1, 0.15) is 17.3 Å². The number of anilines is 1. The van der Waals surface area contributed by atoms with Crippen LogP contribution in [0.4, 0.5) is 15.0 Å². The number of para-hydroxylation sites is 1. The Hall–Kier alpha value is -4.02. The number of hydrogen-bond donors (Lipinski definition) is 2. The van der Waals surface area contributed by atoms with E-state index in [4.69, 9.17) is 9.84 Å². The molecule has 5 rings (SSSR count). The van der Waals surface area contributed by atoms with E-state index in [0.29, 0.717) is 19.0 Å². The number of ether oxygens (including phenoxy) is 1. The molecule has 1 aliphatic heterocycles. The summed E-state index contributed by atoms with van der Waals surface area (Å²) in [5.74, 6) is 0.323. The molecule has 0 radical (unpaired) electrons. The predicted octanol–water partition coefficient (Wildman–Crippen LogP) is 5.00. The van der Waals surface area contributed by atoms with Crippen molar-refractivity contribution in [1.82, 2.24) is 29.8 Å². The molecule has 40 heavy (non-hydrogen) atoms. The average molecular weight is 546 g/mol. The van der Waals surface area contributed by atoms with Crippen molar-refractivity contribution in [2.45, 2.75) is 38.8 Å². The van der Waals surface area contributed by atoms with Crippen molar-refractivity contribution in [1.29, 1.82) is 0 Å². The second-order valence-electron chi connectivity index (χ2n) is 10.5. The molecule has 2 aromatic carbocycles. The number of carbonyl (C=O) groups is 1. The molecule has 9 nitrogen and oxygen atoms in total. The summed E-state index contributed by atoms with van der Waals surface area (Å²) in [6.45, 7) is 8.85. The van der Waals surface area contributed by atoms with Crippen LogP contribution in [0.2, 0.25) is 0 Å². The van der Waals surface area contributed by atoms with Crippen molar-refractivity contribution in [2.24, 2.45) is 0 Å². The lowest BCUT2D eigenvalue weighted by molar-refractivity contribution is 0.159. The highest BCUT2D eigenvalue weighted by molar-refractivity contribution is 5.91. The van der Waals surface area contributed by atoms with E-state index in [1.165, 1.54) is 12.1 Å². The predicted molar refractivity (Wildman–Crippen MR) is 153 cm³/mol. The Labute approximate surface area is 233 Å². The second kappa shape index (κ2) is 12.0. The summed E-state index contributed by atoms with van der Waals surface area (Å²) >= 11 is 0. The summed E-state index contributed by atoms with van der Waals surface area (Å²) in [6, 6.07) is 16.0. The van der Waals surface area contributed by atoms with Gasteiger partial charge < -0.3 is 10.1 Å². The molecule has 1 aliphatic rings. The van der Waals surface area contributed by atoms with Crippen LogP contribution in [-0.4, -0.2) is 69.9 Å². The Morgan fingerprint density at radius 1 is 1.12 bits per heavy atom. The molecule has 3 heterocycles. The summed E-state index contributed by atoms with van der Waals surface area (Å²) in [6.07, 6.45) is 3.77. The van der Waals surface area contributed by atoms with Gasteiger partial charge in [0.05, 0.1) is 24.5 Å². The van der Waals surface area contributed by atoms with Gasteiger partial charge in [-0.2, -0.15) is 10.2 Å². The quantitative estimate of drug-likeness (QED) is 0.309. The lowest BCUT2D eigenvalue weighted by Crippen LogP contribution is -2.42. The van der Waals surface area contributed by atoms with Crippen LogP contribution in [0.1, 0.15) is 36.9 Å². The third-order valence-electron chi connectivity index (χ3n) is 7.38. The molecule has 2 aromatic heterocycles. The van der Waals surface area contributed by atoms with E-state index >= 15 is 0 Å². The number of amides is 2. The Kier molecular flexibility index (Phi) is 8.27. The van der Waals surface area contributed by atoms with E-state index in [9.17, 15) is 9.18 Å². The maximum absolute atomic E-state index is 13.6. The molecule has 0 spiro atoms. The van der Waals surface area contributed by atoms with E-state index in [0.717, 1.165) is 41.2 Å². The fourth-order valence-electron chi connectivity index (χ4n) is 5.21. The van der Waals surface area contributed by atoms with Gasteiger partial charge >= 0.3 is 6.03 Å². The van der Waals surface area contributed by atoms with Gasteiger partial charge in [-0.1, -0.05) is 30.3 Å². The number of rotatable bonds is 9. The normalized spacial score (nSPS) is 17.4. The van der Waals surface area contributed by atoms with E-state index < -0.39 is 0 Å². The van der Waals surface area contributed by atoms with Gasteiger partial charge in [-0.05, 0) is 50.6 Å². The molecule has 0 bridgehead atoms. The minimum absolute atomic E-state index is 0.0146. The molecule has 1 fully saturated rings. The number of urea groups is 1. The number of nitrogens with one attached hydrogen (secondary N) is 2. The zero-order valence-electron chi connectivity index (χ0n) is 23.3. The van der Waals surface area contributed by atoms with Crippen LogP contribution in [0, 0.1) is 12.7 Å². The first-order valence-corrected chi connectivity index (χ1v) is 13.6. The molecular weight excluding hydrogens is 509 g/mol. The summed E-state index contributed by atoms with van der Waals surface area (Å²) in [4.78, 5) is 15.8. The third kappa shape index (κ3) is 5.93. The SMILES string of the molecule is COCCN1C[C@@H](NC(=O)Nc2c(C)c(-c3cnn(C(C)C)c3)nn2-c2ccccc2)[C@H](c2ccc(F)cc2)C1. The molecule has 2 amide bonds. The van der Waals surface area contributed by atoms with Gasteiger partial charge in [0.2, 0.25) is 0 Å². The zero-order chi connectivity index (χ0) is 28.2. The number of benzene rings is 2. The van der Waals surface area contributed by atoms with E-state index in [1.807, 2.05) is 48.1 Å². The van der Waals surface area contributed by atoms with Crippen LogP contribution in [0.5, 0.6) is 0 Å². The van der Waals surface area contributed by atoms with Crippen LogP contribution in [0.3, 0.4) is 0 Å². The van der Waals surface area contributed by atoms with Gasteiger partial charge in [0.25, 0.3) is 0 Å². The van der Waals surface area contributed by atoms with Crippen LogP contribution < -0.4 is 10.6 Å². The van der Waals surface area contributed by atoms with Crippen LogP contribution in [0.15, 0.2) is 67.0 Å². The Bertz CT molecular complexity index is 1430. The second-order valence-corrected chi connectivity index (χ2v) is 10.5. The summed E-state index contributed by atoms with van der Waals surface area (Å²) in [5.41, 5.74) is 4.29. The number of hydrogen-bond acceptors (Lipinski definition) is 5. The molecular formula is C30H36FN7O2. The lowest BCUT2D eigenvalue weighted by atomic mass is 9.94. The first-order valence-electron chi connectivity index (χ1n) is 13.6. The number of aromatic nitrogens is 4. The Morgan fingerprint density at radius 3 is 2.55 bits per heavy atom. The van der Waals surface area contributed by atoms with Gasteiger partial charge in [-0.3, -0.25) is 14.9 Å². The zero-order valence-corrected chi connectivity index (χ0v) is 23.3. The summed E-state index contributed by atoms with van der Waals surface area (Å²) < 4.78 is 22.5. The van der Waals surface area contributed by atoms with Crippen LogP contribution in [-0.2, 0) is 4.74 Å². The number of likely N-dealkylation sites (tertiary alicyclic amines) is 1. The van der Waals surface area contributed by atoms with Crippen LogP contribution in [0.25, 0.3) is 16.9 Å². The average Bonchev–Trinajstić information content (AvgIpc) is 3.67. The summed E-state index contributed by atoms with van der Waals surface area (Å²) in [5, 5.41) is 15.6. The Morgan fingerprint density at radius 2 is 1.88 bits per heavy atom. The van der Waals surface area contributed by atoms with E-state index in [-0.39, 0.29) is 29.8 Å². The van der Waals surface area contributed by atoms with Crippen molar-refractivity contribution < 1.29 is 13.9 Å². The van der Waals surface area contributed by atoms with Crippen molar-refractivity contribution >= 4 is 11.8 Å². The van der Waals surface area contributed by atoms with Crippen molar-refractivity contribution in [3.63, 3.8) is 0 Å². The van der Waals surface area contributed by atoms with Crippen molar-refractivity contribution in [2.75, 3.05) is 38.7 Å². The Balaban J connectivity index is 1.41. The van der Waals surface area contributed by atoms with Gasteiger partial charge in [0.15, 0.2) is 0 Å². The lowest BCUT2D eigenvalue weighted by Gasteiger charge is -2.21. The minimum Gasteiger partial charge on any atom is -0.383 e. The fourth-order valence-corrected chi connectivity index (χ4v) is 5.21. The molecule has 0 unspecified atom stereocenters. The highest BCUT2D eigenvalue weighted by atomic mass is 19.1. The smallest absolute Gasteiger partial charge is 0.320 e. The monoisotopic (exact) mass is 545 g/mol. The number of methoxy groups -OCH3 is 1. The maximum Gasteiger partial charge on any atom is 0.320 e. The topological polar surface area (TPSA) is 89.2 Å². The highest BCUT2D eigenvalue weighted by Gasteiger charge is 2.35. The number of halogens is 1. The molecule has 2 atom stereocenters. The van der Waals surface area contributed by atoms with Gasteiger partial charge in [0, 0.05) is 56.0 Å². The maximum atomic E-state index is 13.6. The van der Waals surface area contributed by atoms with E-state index in [2.05, 4.69) is 34.5 Å². The van der Waals surface area contributed by atoms with Crippen molar-refractivity contribution in [3.8, 4) is 16.9 Å². The fraction of sp³-hybridized carbons (Fsp3) is 0.367. The first-order chi connectivity index (χ1) is 19.3. The van der Waals surface area contributed by atoms with Gasteiger partial charge in [-0.25, -0.2) is 13.9 Å². The van der Waals surface area contributed by atoms with Gasteiger partial charge in [-0.15, -0.1) is 0 Å². The van der Waals surface area contributed by atoms with Crippen molar-refractivity contribution in [3.05, 3.63) is 83.9 Å². The molecule has 210 valence electrons. The van der Waals surface area contributed by atoms with E-state index in [1.54, 1.807) is 30.1 Å². The highest BCUT2D eigenvalue weighted by Crippen LogP contribution is 2.32. The molecule has 10 heteroatoms. The third-order valence-corrected chi connectivity index (χ3v) is 7.38. The molecule has 0 aliphatic carbocycles. The molecule has 4 aromatic rings. The number of nitrogens with zero attached hydrogens (tertiary/aromatic N) is 5. The summed E-state index contributed by atoms with van der Waals surface area (Å²) in [7, 11) is 1.68. The first kappa shape index (κ1) is 27.5. The number of carbonyl (C=O) groups excluding carboxylic acids is 1. The molecule has 1 saturated heterocycles. The molecule has 2 N–H and O–H groups in total.